The highest BCUT2D eigenvalue weighted by Gasteiger charge is 2.28. The van der Waals surface area contributed by atoms with Gasteiger partial charge in [-0.15, -0.1) is 0 Å². The molecular formula is C48H90NO10P. The van der Waals surface area contributed by atoms with Gasteiger partial charge in [-0.2, -0.15) is 0 Å². The van der Waals surface area contributed by atoms with Gasteiger partial charge in [0.1, 0.15) is 12.6 Å². The lowest BCUT2D eigenvalue weighted by Gasteiger charge is -2.20. The van der Waals surface area contributed by atoms with Crippen LogP contribution in [-0.2, 0) is 37.5 Å². The molecule has 0 aliphatic rings. The monoisotopic (exact) mass is 872 g/mol. The zero-order chi connectivity index (χ0) is 44.2. The molecule has 11 nitrogen and oxygen atoms in total. The van der Waals surface area contributed by atoms with E-state index in [2.05, 4.69) is 42.7 Å². The van der Waals surface area contributed by atoms with E-state index in [-0.39, 0.29) is 19.4 Å². The highest BCUT2D eigenvalue weighted by Crippen LogP contribution is 2.43. The van der Waals surface area contributed by atoms with Gasteiger partial charge in [0.25, 0.3) is 0 Å². The third-order valence-corrected chi connectivity index (χ3v) is 11.6. The van der Waals surface area contributed by atoms with Gasteiger partial charge in [-0.05, 0) is 38.5 Å². The van der Waals surface area contributed by atoms with Gasteiger partial charge in [-0.1, -0.05) is 205 Å². The zero-order valence-corrected chi connectivity index (χ0v) is 39.2. The Hall–Kier alpha value is -2.04. The van der Waals surface area contributed by atoms with E-state index in [9.17, 15) is 23.8 Å². The first kappa shape index (κ1) is 58.0. The molecule has 0 rings (SSSR count). The average Bonchev–Trinajstić information content (AvgIpc) is 3.22. The topological polar surface area (TPSA) is 172 Å². The third-order valence-electron chi connectivity index (χ3n) is 10.7. The second-order valence-corrected chi connectivity index (χ2v) is 18.1. The first-order chi connectivity index (χ1) is 29.1. The van der Waals surface area contributed by atoms with E-state index < -0.39 is 51.1 Å². The lowest BCUT2D eigenvalue weighted by atomic mass is 10.0. The van der Waals surface area contributed by atoms with Crippen LogP contribution in [-0.4, -0.2) is 59.9 Å². The second kappa shape index (κ2) is 43.6. The Morgan fingerprint density at radius 1 is 0.517 bits per heavy atom. The summed E-state index contributed by atoms with van der Waals surface area (Å²) in [6.45, 7) is 2.76. The highest BCUT2D eigenvalue weighted by atomic mass is 31.2. The van der Waals surface area contributed by atoms with Gasteiger partial charge in [0.2, 0.25) is 0 Å². The molecule has 3 atom stereocenters. The van der Waals surface area contributed by atoms with Crippen molar-refractivity contribution in [3.63, 3.8) is 0 Å². The number of phosphoric ester groups is 1. The number of hydrogen-bond acceptors (Lipinski definition) is 9. The molecule has 0 spiro atoms. The highest BCUT2D eigenvalue weighted by molar-refractivity contribution is 7.47. The Morgan fingerprint density at radius 3 is 1.37 bits per heavy atom. The normalized spacial score (nSPS) is 13.8. The van der Waals surface area contributed by atoms with E-state index in [4.69, 9.17) is 24.8 Å². The fraction of sp³-hybridized carbons (Fsp3) is 0.854. The second-order valence-electron chi connectivity index (χ2n) is 16.6. The van der Waals surface area contributed by atoms with E-state index in [0.717, 1.165) is 70.6 Å². The van der Waals surface area contributed by atoms with Gasteiger partial charge in [0.05, 0.1) is 13.2 Å². The van der Waals surface area contributed by atoms with Crippen molar-refractivity contribution in [1.29, 1.82) is 0 Å². The number of carboxylic acid groups (broad SMARTS) is 1. The average molecular weight is 872 g/mol. The maximum atomic E-state index is 12.6. The summed E-state index contributed by atoms with van der Waals surface area (Å²) in [5, 5.41) is 8.90. The number of hydrogen-bond donors (Lipinski definition) is 3. The number of esters is 2. The van der Waals surface area contributed by atoms with Gasteiger partial charge in [0, 0.05) is 12.8 Å². The van der Waals surface area contributed by atoms with E-state index in [1.165, 1.54) is 122 Å². The molecule has 3 unspecified atom stereocenters. The maximum Gasteiger partial charge on any atom is 0.472 e. The van der Waals surface area contributed by atoms with Crippen molar-refractivity contribution in [3.8, 4) is 0 Å². The van der Waals surface area contributed by atoms with Crippen molar-refractivity contribution in [3.05, 3.63) is 24.3 Å². The molecule has 352 valence electrons. The zero-order valence-electron chi connectivity index (χ0n) is 38.3. The Morgan fingerprint density at radius 2 is 0.917 bits per heavy atom. The molecule has 0 radical (unpaired) electrons. The molecule has 12 heteroatoms. The summed E-state index contributed by atoms with van der Waals surface area (Å²) >= 11 is 0. The lowest BCUT2D eigenvalue weighted by molar-refractivity contribution is -0.161. The number of nitrogens with two attached hydrogens (primary N) is 1. The van der Waals surface area contributed by atoms with Crippen LogP contribution in [0, 0.1) is 0 Å². The molecule has 0 fully saturated rings. The lowest BCUT2D eigenvalue weighted by Crippen LogP contribution is -2.34. The Kier molecular flexibility index (Phi) is 42.1. The molecule has 0 aromatic carbocycles. The van der Waals surface area contributed by atoms with E-state index in [1.54, 1.807) is 0 Å². The van der Waals surface area contributed by atoms with E-state index >= 15 is 0 Å². The smallest absolute Gasteiger partial charge is 0.472 e. The number of carboxylic acids is 1. The van der Waals surface area contributed by atoms with E-state index in [0.29, 0.717) is 12.8 Å². The number of carbonyl (C=O) groups is 3. The van der Waals surface area contributed by atoms with Gasteiger partial charge in [-0.3, -0.25) is 23.4 Å². The molecule has 0 aromatic rings. The van der Waals surface area contributed by atoms with Crippen LogP contribution >= 0.6 is 7.82 Å². The third kappa shape index (κ3) is 42.6. The van der Waals surface area contributed by atoms with Crippen molar-refractivity contribution in [2.24, 2.45) is 5.73 Å². The number of rotatable bonds is 46. The van der Waals surface area contributed by atoms with Crippen molar-refractivity contribution >= 4 is 25.7 Å². The summed E-state index contributed by atoms with van der Waals surface area (Å²) in [4.78, 5) is 46.0. The molecule has 60 heavy (non-hydrogen) atoms. The van der Waals surface area contributed by atoms with Crippen LogP contribution in [0.3, 0.4) is 0 Å². The summed E-state index contributed by atoms with van der Waals surface area (Å²) in [5.74, 6) is -2.38. The summed E-state index contributed by atoms with van der Waals surface area (Å²) in [6, 6.07) is -1.52. The van der Waals surface area contributed by atoms with Crippen molar-refractivity contribution in [1.82, 2.24) is 0 Å². The minimum atomic E-state index is -4.72. The van der Waals surface area contributed by atoms with Crippen molar-refractivity contribution in [2.45, 2.75) is 244 Å². The molecule has 0 amide bonds. The van der Waals surface area contributed by atoms with Crippen LogP contribution in [0.1, 0.15) is 232 Å². The van der Waals surface area contributed by atoms with Gasteiger partial charge >= 0.3 is 25.7 Å². The summed E-state index contributed by atoms with van der Waals surface area (Å²) < 4.78 is 32.7. The van der Waals surface area contributed by atoms with Crippen LogP contribution in [0.2, 0.25) is 0 Å². The molecule has 0 aliphatic carbocycles. The fourth-order valence-electron chi connectivity index (χ4n) is 6.87. The largest absolute Gasteiger partial charge is 0.480 e. The quantitative estimate of drug-likeness (QED) is 0.0230. The molecule has 0 saturated heterocycles. The van der Waals surface area contributed by atoms with E-state index in [1.807, 2.05) is 0 Å². The number of carbonyl (C=O) groups excluding carboxylic acids is 2. The number of unbranched alkanes of at least 4 members (excludes halogenated alkanes) is 28. The molecule has 0 aromatic heterocycles. The minimum Gasteiger partial charge on any atom is -0.480 e. The fourth-order valence-corrected chi connectivity index (χ4v) is 7.65. The first-order valence-corrected chi connectivity index (χ1v) is 25.9. The van der Waals surface area contributed by atoms with Crippen LogP contribution in [0.4, 0.5) is 0 Å². The molecule has 4 N–H and O–H groups in total. The van der Waals surface area contributed by atoms with Gasteiger partial charge in [-0.25, -0.2) is 4.57 Å². The molecule has 0 bridgehead atoms. The molecule has 0 heterocycles. The van der Waals surface area contributed by atoms with Crippen LogP contribution in [0.15, 0.2) is 24.3 Å². The minimum absolute atomic E-state index is 0.148. The number of aliphatic carboxylic acids is 1. The predicted octanol–water partition coefficient (Wildman–Crippen LogP) is 13.4. The molecule has 0 aliphatic heterocycles. The number of allylic oxidation sites excluding steroid dienone is 4. The number of phosphoric acid groups is 1. The maximum absolute atomic E-state index is 12.6. The Labute approximate surface area is 366 Å². The summed E-state index contributed by atoms with van der Waals surface area (Å²) in [7, 11) is -4.72. The predicted molar refractivity (Wildman–Crippen MR) is 245 cm³/mol. The summed E-state index contributed by atoms with van der Waals surface area (Å²) in [6.07, 6.45) is 46.8. The SMILES string of the molecule is CCC/C=C\C/C=C\CCCCCCCC(=O)OC(COC(=O)CCCCCCCCCCCCCCCCCCCCCCCCC)COP(=O)(O)OCC(N)C(=O)O. The van der Waals surface area contributed by atoms with Crippen LogP contribution in [0.25, 0.3) is 0 Å². The molecular weight excluding hydrogens is 781 g/mol. The first-order valence-electron chi connectivity index (χ1n) is 24.4. The Balaban J connectivity index is 4.17. The number of ether oxygens (including phenoxy) is 2. The summed E-state index contributed by atoms with van der Waals surface area (Å²) in [5.41, 5.74) is 5.34. The van der Waals surface area contributed by atoms with Gasteiger partial charge in [0.15, 0.2) is 6.10 Å². The standard InChI is InChI=1S/C48H90NO10P/c1-3-5-7-9-11-13-15-17-18-19-20-21-22-23-24-25-26-28-29-31-33-35-37-39-46(50)56-41-44(42-57-60(54,55)58-43-45(49)48(52)53)59-47(51)40-38-36-34-32-30-27-16-14-12-10-8-6-4-2/h8,10,14,16,44-45H,3-7,9,11-13,15,17-43,49H2,1-2H3,(H,52,53)(H,54,55)/b10-8-,16-14-. The van der Waals surface area contributed by atoms with Crippen LogP contribution < -0.4 is 5.73 Å². The van der Waals surface area contributed by atoms with Gasteiger partial charge < -0.3 is 25.2 Å². The van der Waals surface area contributed by atoms with Crippen molar-refractivity contribution < 1.29 is 47.5 Å². The van der Waals surface area contributed by atoms with Crippen molar-refractivity contribution in [2.75, 3.05) is 19.8 Å². The Bertz CT molecular complexity index is 1120. The molecule has 0 saturated carbocycles. The van der Waals surface area contributed by atoms with Crippen LogP contribution in [0.5, 0.6) is 0 Å².